The van der Waals surface area contributed by atoms with Crippen LogP contribution in [0.3, 0.4) is 0 Å². The van der Waals surface area contributed by atoms with E-state index in [2.05, 4.69) is 10.6 Å². The number of carbonyl (C=O) groups is 2. The van der Waals surface area contributed by atoms with E-state index in [4.69, 9.17) is 4.74 Å². The predicted molar refractivity (Wildman–Crippen MR) is 72.9 cm³/mol. The van der Waals surface area contributed by atoms with Gasteiger partial charge in [0, 0.05) is 32.1 Å². The molecule has 1 saturated heterocycles. The number of nitrogens with zero attached hydrogens (tertiary/aromatic N) is 1. The van der Waals surface area contributed by atoms with E-state index < -0.39 is 6.09 Å². The Labute approximate surface area is 114 Å². The van der Waals surface area contributed by atoms with E-state index in [1.807, 2.05) is 11.8 Å². The van der Waals surface area contributed by atoms with Crippen molar-refractivity contribution in [2.24, 2.45) is 0 Å². The number of amides is 2. The third-order valence-electron chi connectivity index (χ3n) is 3.14. The van der Waals surface area contributed by atoms with E-state index in [1.54, 1.807) is 6.92 Å². The van der Waals surface area contributed by atoms with Gasteiger partial charge in [-0.3, -0.25) is 4.79 Å². The molecule has 1 heterocycles. The summed E-state index contributed by atoms with van der Waals surface area (Å²) in [5.41, 5.74) is 0. The maximum Gasteiger partial charge on any atom is 0.407 e. The summed E-state index contributed by atoms with van der Waals surface area (Å²) in [6.07, 6.45) is 1.94. The minimum Gasteiger partial charge on any atom is -0.450 e. The first-order valence-corrected chi connectivity index (χ1v) is 7.09. The average Bonchev–Trinajstić information content (AvgIpc) is 2.39. The molecule has 0 aromatic heterocycles. The van der Waals surface area contributed by atoms with Crippen molar-refractivity contribution in [3.05, 3.63) is 0 Å². The van der Waals surface area contributed by atoms with Crippen molar-refractivity contribution in [3.8, 4) is 0 Å². The number of hydrogen-bond donors (Lipinski definition) is 2. The van der Waals surface area contributed by atoms with Crippen LogP contribution >= 0.6 is 0 Å². The maximum absolute atomic E-state index is 12.0. The Morgan fingerprint density at radius 3 is 2.84 bits per heavy atom. The van der Waals surface area contributed by atoms with E-state index in [-0.39, 0.29) is 11.9 Å². The Hall–Kier alpha value is -1.30. The molecule has 1 aliphatic heterocycles. The molecule has 1 atom stereocenters. The molecule has 19 heavy (non-hydrogen) atoms. The first-order chi connectivity index (χ1) is 9.17. The highest BCUT2D eigenvalue weighted by Crippen LogP contribution is 2.11. The Kier molecular flexibility index (Phi) is 7.25. The Balaban J connectivity index is 2.32. The zero-order valence-electron chi connectivity index (χ0n) is 11.9. The molecule has 110 valence electrons. The van der Waals surface area contributed by atoms with E-state index in [1.165, 1.54) is 0 Å². The van der Waals surface area contributed by atoms with Crippen LogP contribution in [-0.2, 0) is 9.53 Å². The van der Waals surface area contributed by atoms with Gasteiger partial charge in [0.2, 0.25) is 5.91 Å². The summed E-state index contributed by atoms with van der Waals surface area (Å²) in [6.45, 7) is 7.11. The van der Waals surface area contributed by atoms with Gasteiger partial charge in [0.25, 0.3) is 0 Å². The molecule has 1 aliphatic rings. The van der Waals surface area contributed by atoms with Crippen LogP contribution in [0.4, 0.5) is 4.79 Å². The predicted octanol–water partition coefficient (Wildman–Crippen LogP) is 0.723. The van der Waals surface area contributed by atoms with Gasteiger partial charge < -0.3 is 20.3 Å². The first kappa shape index (κ1) is 15.8. The number of ether oxygens (including phenoxy) is 1. The second-order valence-electron chi connectivity index (χ2n) is 4.65. The molecule has 1 unspecified atom stereocenters. The summed E-state index contributed by atoms with van der Waals surface area (Å²) in [4.78, 5) is 25.2. The number of nitrogens with one attached hydrogen (secondary N) is 2. The number of piperidine rings is 1. The quantitative estimate of drug-likeness (QED) is 0.698. The second kappa shape index (κ2) is 8.74. The average molecular weight is 271 g/mol. The number of likely N-dealkylation sites (tertiary alicyclic amines) is 1. The lowest BCUT2D eigenvalue weighted by atomic mass is 10.1. The van der Waals surface area contributed by atoms with Gasteiger partial charge in [-0.1, -0.05) is 6.92 Å². The molecule has 2 amide bonds. The summed E-state index contributed by atoms with van der Waals surface area (Å²) in [5, 5.41) is 5.94. The summed E-state index contributed by atoms with van der Waals surface area (Å²) in [7, 11) is 0. The van der Waals surface area contributed by atoms with Gasteiger partial charge >= 0.3 is 6.09 Å². The Bertz CT molecular complexity index is 297. The van der Waals surface area contributed by atoms with Crippen molar-refractivity contribution >= 4 is 12.0 Å². The van der Waals surface area contributed by atoms with Crippen LogP contribution in [0.1, 0.15) is 33.1 Å². The summed E-state index contributed by atoms with van der Waals surface area (Å²) in [6, 6.07) is 0.0101. The summed E-state index contributed by atoms with van der Waals surface area (Å²) < 4.78 is 4.86. The van der Waals surface area contributed by atoms with Gasteiger partial charge in [-0.2, -0.15) is 0 Å². The van der Waals surface area contributed by atoms with Gasteiger partial charge in [0.05, 0.1) is 6.61 Å². The fourth-order valence-electron chi connectivity index (χ4n) is 2.19. The smallest absolute Gasteiger partial charge is 0.407 e. The third-order valence-corrected chi connectivity index (χ3v) is 3.14. The number of rotatable bonds is 6. The third kappa shape index (κ3) is 5.92. The summed E-state index contributed by atoms with van der Waals surface area (Å²) >= 11 is 0. The van der Waals surface area contributed by atoms with Gasteiger partial charge in [-0.25, -0.2) is 4.79 Å². The van der Waals surface area contributed by atoms with Gasteiger partial charge in [0.1, 0.15) is 0 Å². The zero-order chi connectivity index (χ0) is 14.1. The fourth-order valence-corrected chi connectivity index (χ4v) is 2.19. The standard InChI is InChI=1S/C13H25N3O3/c1-3-14-8-7-12(17)16-9-5-6-11(10-16)15-13(18)19-4-2/h11,14H,3-10H2,1-2H3,(H,15,18). The van der Waals surface area contributed by atoms with Crippen LogP contribution in [0.15, 0.2) is 0 Å². The number of hydrogen-bond acceptors (Lipinski definition) is 4. The second-order valence-corrected chi connectivity index (χ2v) is 4.65. The first-order valence-electron chi connectivity index (χ1n) is 7.09. The molecule has 0 bridgehead atoms. The zero-order valence-corrected chi connectivity index (χ0v) is 11.9. The molecule has 0 saturated carbocycles. The molecule has 6 nitrogen and oxygen atoms in total. The van der Waals surface area contributed by atoms with E-state index in [9.17, 15) is 9.59 Å². The molecule has 2 N–H and O–H groups in total. The lowest BCUT2D eigenvalue weighted by Gasteiger charge is -2.33. The van der Waals surface area contributed by atoms with Crippen LogP contribution in [0.2, 0.25) is 0 Å². The van der Waals surface area contributed by atoms with E-state index in [0.29, 0.717) is 26.1 Å². The van der Waals surface area contributed by atoms with Crippen molar-refractivity contribution in [2.75, 3.05) is 32.8 Å². The molecular weight excluding hydrogens is 246 g/mol. The number of carbonyl (C=O) groups excluding carboxylic acids is 2. The Morgan fingerprint density at radius 1 is 1.37 bits per heavy atom. The maximum atomic E-state index is 12.0. The fraction of sp³-hybridized carbons (Fsp3) is 0.846. The molecule has 0 spiro atoms. The van der Waals surface area contributed by atoms with Crippen molar-refractivity contribution in [1.82, 2.24) is 15.5 Å². The molecule has 1 fully saturated rings. The highest BCUT2D eigenvalue weighted by molar-refractivity contribution is 5.76. The van der Waals surface area contributed by atoms with Gasteiger partial charge in [0.15, 0.2) is 0 Å². The topological polar surface area (TPSA) is 70.7 Å². The highest BCUT2D eigenvalue weighted by Gasteiger charge is 2.24. The van der Waals surface area contributed by atoms with Crippen molar-refractivity contribution in [2.45, 2.75) is 39.2 Å². The molecular formula is C13H25N3O3. The molecule has 0 aromatic carbocycles. The van der Waals surface area contributed by atoms with E-state index >= 15 is 0 Å². The monoisotopic (exact) mass is 271 g/mol. The van der Waals surface area contributed by atoms with Crippen LogP contribution in [0.5, 0.6) is 0 Å². The minimum absolute atomic E-state index is 0.0101. The largest absolute Gasteiger partial charge is 0.450 e. The highest BCUT2D eigenvalue weighted by atomic mass is 16.5. The van der Waals surface area contributed by atoms with Crippen molar-refractivity contribution in [3.63, 3.8) is 0 Å². The van der Waals surface area contributed by atoms with Crippen molar-refractivity contribution in [1.29, 1.82) is 0 Å². The van der Waals surface area contributed by atoms with Crippen LogP contribution < -0.4 is 10.6 Å². The molecule has 0 aromatic rings. The SMILES string of the molecule is CCNCCC(=O)N1CCCC(NC(=O)OCC)C1. The molecule has 0 aliphatic carbocycles. The van der Waals surface area contributed by atoms with Crippen LogP contribution in [0, 0.1) is 0 Å². The van der Waals surface area contributed by atoms with Gasteiger partial charge in [-0.15, -0.1) is 0 Å². The van der Waals surface area contributed by atoms with Crippen LogP contribution in [0.25, 0.3) is 0 Å². The summed E-state index contributed by atoms with van der Waals surface area (Å²) in [5.74, 6) is 0.149. The van der Waals surface area contributed by atoms with Gasteiger partial charge in [-0.05, 0) is 26.3 Å². The Morgan fingerprint density at radius 2 is 2.16 bits per heavy atom. The van der Waals surface area contributed by atoms with Crippen LogP contribution in [-0.4, -0.2) is 55.7 Å². The van der Waals surface area contributed by atoms with E-state index in [0.717, 1.165) is 25.9 Å². The molecule has 0 radical (unpaired) electrons. The lowest BCUT2D eigenvalue weighted by Crippen LogP contribution is -2.50. The van der Waals surface area contributed by atoms with Crippen molar-refractivity contribution < 1.29 is 14.3 Å². The molecule has 1 rings (SSSR count). The minimum atomic E-state index is -0.394. The normalized spacial score (nSPS) is 19.1. The molecule has 6 heteroatoms. The number of alkyl carbamates (subject to hydrolysis) is 1. The lowest BCUT2D eigenvalue weighted by molar-refractivity contribution is -0.132.